The largest absolute Gasteiger partial charge is 0.269 e. The lowest BCUT2D eigenvalue weighted by atomic mass is 10.1. The van der Waals surface area contributed by atoms with E-state index < -0.39 is 0 Å². The van der Waals surface area contributed by atoms with Crippen molar-refractivity contribution in [3.8, 4) is 0 Å². The minimum Gasteiger partial charge on any atom is -0.269 e. The number of carbonyl (C=O) groups is 2. The van der Waals surface area contributed by atoms with Gasteiger partial charge in [0, 0.05) is 5.71 Å². The molecule has 3 rings (SSSR count). The van der Waals surface area contributed by atoms with Crippen molar-refractivity contribution in [2.24, 2.45) is 5.10 Å². The van der Waals surface area contributed by atoms with Crippen molar-refractivity contribution in [3.63, 3.8) is 0 Å². The maximum atomic E-state index is 12.2. The van der Waals surface area contributed by atoms with Gasteiger partial charge in [-0.1, -0.05) is 36.1 Å². The van der Waals surface area contributed by atoms with E-state index in [0.29, 0.717) is 15.4 Å². The van der Waals surface area contributed by atoms with Gasteiger partial charge < -0.3 is 0 Å². The number of benzene rings is 1. The number of hydrazone groups is 1. The fourth-order valence-corrected chi connectivity index (χ4v) is 3.33. The number of imide groups is 1. The van der Waals surface area contributed by atoms with Crippen LogP contribution in [0.5, 0.6) is 0 Å². The van der Waals surface area contributed by atoms with E-state index in [4.69, 9.17) is 12.2 Å². The van der Waals surface area contributed by atoms with Crippen LogP contribution in [0.2, 0.25) is 0 Å². The third kappa shape index (κ3) is 3.05. The summed E-state index contributed by atoms with van der Waals surface area (Å²) < 4.78 is 0.468. The molecular formula is C15H15N3O2S2. The van der Waals surface area contributed by atoms with Gasteiger partial charge >= 0.3 is 0 Å². The van der Waals surface area contributed by atoms with Crippen LogP contribution in [0.3, 0.4) is 0 Å². The number of amides is 2. The summed E-state index contributed by atoms with van der Waals surface area (Å²) in [6.45, 7) is 0. The van der Waals surface area contributed by atoms with Crippen LogP contribution < -0.4 is 5.43 Å². The Kier molecular flexibility index (Phi) is 4.54. The summed E-state index contributed by atoms with van der Waals surface area (Å²) in [6.07, 6.45) is 4.38. The van der Waals surface area contributed by atoms with Gasteiger partial charge in [0.2, 0.25) is 0 Å². The summed E-state index contributed by atoms with van der Waals surface area (Å²) in [4.78, 5) is 25.6. The lowest BCUT2D eigenvalue weighted by Crippen LogP contribution is -2.30. The van der Waals surface area contributed by atoms with Crippen molar-refractivity contribution in [3.05, 3.63) is 35.4 Å². The molecule has 0 spiro atoms. The van der Waals surface area contributed by atoms with Crippen LogP contribution in [0.15, 0.2) is 29.4 Å². The molecule has 1 fully saturated rings. The van der Waals surface area contributed by atoms with Gasteiger partial charge in [-0.2, -0.15) is 5.10 Å². The molecular weight excluding hydrogens is 318 g/mol. The number of hydrogen-bond acceptors (Lipinski definition) is 5. The fourth-order valence-electron chi connectivity index (χ4n) is 2.53. The van der Waals surface area contributed by atoms with Crippen molar-refractivity contribution in [2.75, 3.05) is 5.88 Å². The van der Waals surface area contributed by atoms with E-state index in [9.17, 15) is 9.59 Å². The highest BCUT2D eigenvalue weighted by Gasteiger charge is 2.35. The number of thioether (sulfide) groups is 1. The molecule has 1 aromatic rings. The molecule has 1 saturated carbocycles. The van der Waals surface area contributed by atoms with Crippen LogP contribution in [-0.2, 0) is 0 Å². The highest BCUT2D eigenvalue weighted by atomic mass is 32.2. The first-order chi connectivity index (χ1) is 10.7. The molecule has 0 saturated heterocycles. The van der Waals surface area contributed by atoms with Crippen LogP contribution in [0.4, 0.5) is 0 Å². The third-order valence-electron chi connectivity index (χ3n) is 3.69. The van der Waals surface area contributed by atoms with Crippen molar-refractivity contribution in [2.45, 2.75) is 25.7 Å². The first kappa shape index (κ1) is 15.2. The average molecular weight is 333 g/mol. The normalized spacial score (nSPS) is 16.9. The number of thiocarbonyl (C=S) groups is 1. The fraction of sp³-hybridized carbons (Fsp3) is 0.333. The monoisotopic (exact) mass is 333 g/mol. The quantitative estimate of drug-likeness (QED) is 0.523. The summed E-state index contributed by atoms with van der Waals surface area (Å²) in [5.41, 5.74) is 4.87. The van der Waals surface area contributed by atoms with E-state index in [1.165, 1.54) is 29.5 Å². The molecule has 0 atom stereocenters. The lowest BCUT2D eigenvalue weighted by molar-refractivity contribution is 0.0684. The molecule has 2 aliphatic rings. The molecule has 1 aromatic carbocycles. The van der Waals surface area contributed by atoms with Crippen LogP contribution >= 0.6 is 24.0 Å². The second-order valence-electron chi connectivity index (χ2n) is 5.14. The molecule has 0 radical (unpaired) electrons. The molecule has 22 heavy (non-hydrogen) atoms. The smallest absolute Gasteiger partial charge is 0.262 e. The summed E-state index contributed by atoms with van der Waals surface area (Å²) >= 11 is 6.42. The van der Waals surface area contributed by atoms with Gasteiger partial charge in [-0.15, -0.1) is 0 Å². The lowest BCUT2D eigenvalue weighted by Gasteiger charge is -2.13. The highest BCUT2D eigenvalue weighted by Crippen LogP contribution is 2.24. The SMILES string of the molecule is O=C1c2ccccc2C(=O)N1CSC(=S)NN=C1CCCC1. The van der Waals surface area contributed by atoms with E-state index in [1.54, 1.807) is 24.3 Å². The number of fused-ring (bicyclic) bond motifs is 1. The Labute approximate surface area is 138 Å². The summed E-state index contributed by atoms with van der Waals surface area (Å²) in [6, 6.07) is 6.85. The summed E-state index contributed by atoms with van der Waals surface area (Å²) in [7, 11) is 0. The Balaban J connectivity index is 1.56. The Morgan fingerprint density at radius 3 is 2.36 bits per heavy atom. The zero-order valence-electron chi connectivity index (χ0n) is 11.9. The molecule has 1 aliphatic heterocycles. The Hall–Kier alpha value is -1.73. The number of carbonyl (C=O) groups excluding carboxylic acids is 2. The third-order valence-corrected chi connectivity index (χ3v) is 4.87. The van der Waals surface area contributed by atoms with Gasteiger partial charge in [0.15, 0.2) is 4.32 Å². The van der Waals surface area contributed by atoms with Crippen molar-refractivity contribution in [1.82, 2.24) is 10.3 Å². The zero-order valence-corrected chi connectivity index (χ0v) is 13.5. The zero-order chi connectivity index (χ0) is 15.5. The molecule has 0 bridgehead atoms. The topological polar surface area (TPSA) is 61.8 Å². The van der Waals surface area contributed by atoms with Gasteiger partial charge in [0.05, 0.1) is 17.0 Å². The number of hydrogen-bond donors (Lipinski definition) is 1. The molecule has 2 amide bonds. The van der Waals surface area contributed by atoms with Crippen molar-refractivity contribution >= 4 is 45.8 Å². The second kappa shape index (κ2) is 6.58. The first-order valence-electron chi connectivity index (χ1n) is 7.10. The molecule has 7 heteroatoms. The van der Waals surface area contributed by atoms with E-state index in [1.807, 2.05) is 0 Å². The van der Waals surface area contributed by atoms with E-state index in [2.05, 4.69) is 10.5 Å². The second-order valence-corrected chi connectivity index (χ2v) is 6.76. The van der Waals surface area contributed by atoms with Crippen LogP contribution in [0.1, 0.15) is 46.4 Å². The van der Waals surface area contributed by atoms with Crippen molar-refractivity contribution in [1.29, 1.82) is 0 Å². The number of rotatable bonds is 3. The van der Waals surface area contributed by atoms with Crippen LogP contribution in [0.25, 0.3) is 0 Å². The maximum Gasteiger partial charge on any atom is 0.262 e. The maximum absolute atomic E-state index is 12.2. The van der Waals surface area contributed by atoms with E-state index in [-0.39, 0.29) is 17.7 Å². The van der Waals surface area contributed by atoms with Crippen LogP contribution in [-0.4, -0.2) is 32.6 Å². The number of nitrogens with one attached hydrogen (secondary N) is 1. The van der Waals surface area contributed by atoms with Gasteiger partial charge in [-0.05, 0) is 37.8 Å². The predicted octanol–water partition coefficient (Wildman–Crippen LogP) is 2.78. The van der Waals surface area contributed by atoms with Gasteiger partial charge in [-0.3, -0.25) is 19.9 Å². The Bertz CT molecular complexity index is 630. The summed E-state index contributed by atoms with van der Waals surface area (Å²) in [5, 5.41) is 4.26. The molecule has 1 heterocycles. The van der Waals surface area contributed by atoms with E-state index in [0.717, 1.165) is 18.6 Å². The van der Waals surface area contributed by atoms with Gasteiger partial charge in [0.25, 0.3) is 11.8 Å². The predicted molar refractivity (Wildman–Crippen MR) is 91.0 cm³/mol. The standard InChI is InChI=1S/C15H15N3O2S2/c19-13-11-7-3-4-8-12(11)14(20)18(13)9-22-15(21)17-16-10-5-1-2-6-10/h3-4,7-8H,1-2,5-6,9H2,(H,17,21). The Morgan fingerprint density at radius 1 is 1.18 bits per heavy atom. The van der Waals surface area contributed by atoms with Crippen LogP contribution in [0, 0.1) is 0 Å². The minimum atomic E-state index is -0.266. The number of nitrogens with zero attached hydrogens (tertiary/aromatic N) is 2. The highest BCUT2D eigenvalue weighted by molar-refractivity contribution is 8.22. The molecule has 5 nitrogen and oxygen atoms in total. The first-order valence-corrected chi connectivity index (χ1v) is 8.49. The molecule has 0 unspecified atom stereocenters. The summed E-state index contributed by atoms with van der Waals surface area (Å²) in [5.74, 6) is -0.334. The molecule has 1 aliphatic carbocycles. The van der Waals surface area contributed by atoms with Crippen molar-refractivity contribution < 1.29 is 9.59 Å². The Morgan fingerprint density at radius 2 is 1.77 bits per heavy atom. The van der Waals surface area contributed by atoms with Gasteiger partial charge in [0.1, 0.15) is 0 Å². The van der Waals surface area contributed by atoms with Gasteiger partial charge in [-0.25, -0.2) is 0 Å². The minimum absolute atomic E-state index is 0.197. The molecule has 1 N–H and O–H groups in total. The van der Waals surface area contributed by atoms with E-state index >= 15 is 0 Å². The molecule has 0 aromatic heterocycles. The average Bonchev–Trinajstić information content (AvgIpc) is 3.13. The molecule has 114 valence electrons.